The number of nitrogens with one attached hydrogen (secondary N) is 1. The highest BCUT2D eigenvalue weighted by molar-refractivity contribution is 6.32. The number of rotatable bonds is 5. The molecule has 0 heterocycles. The first-order valence-corrected chi connectivity index (χ1v) is 5.70. The number of hydrogen-bond acceptors (Lipinski definition) is 3. The van der Waals surface area contributed by atoms with Crippen LogP contribution in [0.25, 0.3) is 0 Å². The van der Waals surface area contributed by atoms with E-state index in [1.54, 1.807) is 20.2 Å². The molecule has 0 spiro atoms. The molecular weight excluding hydrogens is 226 g/mol. The highest BCUT2D eigenvalue weighted by Gasteiger charge is 2.14. The predicted octanol–water partition coefficient (Wildman–Crippen LogP) is 2.16. The first kappa shape index (κ1) is 13.3. The molecule has 0 saturated heterocycles. The predicted molar refractivity (Wildman–Crippen MR) is 66.3 cm³/mol. The normalized spacial score (nSPS) is 12.6. The Morgan fingerprint density at radius 1 is 1.50 bits per heavy atom. The average Bonchev–Trinajstić information content (AvgIpc) is 2.29. The quantitative estimate of drug-likeness (QED) is 0.833. The Labute approximate surface area is 101 Å². The van der Waals surface area contributed by atoms with Gasteiger partial charge in [0.25, 0.3) is 0 Å². The van der Waals surface area contributed by atoms with E-state index in [0.717, 1.165) is 17.5 Å². The molecule has 0 bridgehead atoms. The molecule has 90 valence electrons. The van der Waals surface area contributed by atoms with Gasteiger partial charge in [0.15, 0.2) is 0 Å². The number of benzene rings is 1. The molecule has 0 aliphatic carbocycles. The third kappa shape index (κ3) is 2.88. The third-order valence-electron chi connectivity index (χ3n) is 2.55. The zero-order chi connectivity index (χ0) is 12.1. The topological polar surface area (TPSA) is 41.5 Å². The first-order valence-electron chi connectivity index (χ1n) is 5.33. The van der Waals surface area contributed by atoms with Gasteiger partial charge in [0.05, 0.1) is 18.2 Å². The number of aliphatic hydroxyl groups excluding tert-OH is 1. The maximum absolute atomic E-state index is 9.96. The number of methoxy groups -OCH3 is 1. The average molecular weight is 244 g/mol. The summed E-state index contributed by atoms with van der Waals surface area (Å²) in [5.41, 5.74) is 1.92. The molecule has 1 aromatic carbocycles. The Balaban J connectivity index is 3.12. The van der Waals surface area contributed by atoms with Crippen molar-refractivity contribution in [1.82, 2.24) is 5.32 Å². The lowest BCUT2D eigenvalue weighted by molar-refractivity contribution is 0.176. The van der Waals surface area contributed by atoms with Crippen LogP contribution in [0.4, 0.5) is 0 Å². The van der Waals surface area contributed by atoms with Crippen LogP contribution in [0.5, 0.6) is 5.75 Å². The van der Waals surface area contributed by atoms with Gasteiger partial charge in [0.1, 0.15) is 5.75 Å². The van der Waals surface area contributed by atoms with E-state index in [9.17, 15) is 5.11 Å². The fourth-order valence-corrected chi connectivity index (χ4v) is 1.94. The second kappa shape index (κ2) is 6.09. The van der Waals surface area contributed by atoms with Gasteiger partial charge in [-0.25, -0.2) is 0 Å². The first-order chi connectivity index (χ1) is 7.63. The summed E-state index contributed by atoms with van der Waals surface area (Å²) in [6.07, 6.45) is 0.298. The van der Waals surface area contributed by atoms with Gasteiger partial charge < -0.3 is 15.2 Å². The highest BCUT2D eigenvalue weighted by Crippen LogP contribution is 2.31. The van der Waals surface area contributed by atoms with Gasteiger partial charge >= 0.3 is 0 Å². The molecule has 0 radical (unpaired) electrons. The van der Waals surface area contributed by atoms with E-state index in [-0.39, 0.29) is 0 Å². The van der Waals surface area contributed by atoms with Gasteiger partial charge in [-0.1, -0.05) is 18.5 Å². The van der Waals surface area contributed by atoms with Crippen molar-refractivity contribution >= 4 is 11.6 Å². The fraction of sp³-hybridized carbons (Fsp3) is 0.500. The lowest BCUT2D eigenvalue weighted by Gasteiger charge is -2.16. The zero-order valence-electron chi connectivity index (χ0n) is 9.88. The molecular formula is C12H18ClNO2. The molecule has 0 saturated carbocycles. The highest BCUT2D eigenvalue weighted by atomic mass is 35.5. The molecule has 3 nitrogen and oxygen atoms in total. The van der Waals surface area contributed by atoms with Crippen molar-refractivity contribution in [2.45, 2.75) is 19.4 Å². The molecule has 4 heteroatoms. The Hall–Kier alpha value is -0.770. The van der Waals surface area contributed by atoms with Crippen molar-refractivity contribution in [3.8, 4) is 5.75 Å². The van der Waals surface area contributed by atoms with Gasteiger partial charge in [-0.2, -0.15) is 0 Å². The number of aliphatic hydroxyl groups is 1. The van der Waals surface area contributed by atoms with Crippen LogP contribution in [0.1, 0.15) is 24.2 Å². The van der Waals surface area contributed by atoms with Crippen LogP contribution in [0.3, 0.4) is 0 Å². The Bertz CT molecular complexity index is 355. The molecule has 1 unspecified atom stereocenters. The summed E-state index contributed by atoms with van der Waals surface area (Å²) in [5.74, 6) is 0.652. The number of ether oxygens (including phenoxy) is 1. The summed E-state index contributed by atoms with van der Waals surface area (Å²) < 4.78 is 5.15. The third-order valence-corrected chi connectivity index (χ3v) is 2.85. The molecule has 0 aliphatic rings. The van der Waals surface area contributed by atoms with Crippen LogP contribution < -0.4 is 10.1 Å². The lowest BCUT2D eigenvalue weighted by Crippen LogP contribution is -2.18. The smallest absolute Gasteiger partial charge is 0.137 e. The minimum absolute atomic E-state index is 0.510. The van der Waals surface area contributed by atoms with Gasteiger partial charge in [-0.3, -0.25) is 0 Å². The standard InChI is InChI=1S/C12H18ClNO2/c1-4-8-5-12(16-3)10(13)6-9(8)11(15)7-14-2/h5-6,11,14-15H,4,7H2,1-3H3. The van der Waals surface area contributed by atoms with Crippen LogP contribution in [-0.4, -0.2) is 25.8 Å². The molecule has 1 aromatic rings. The minimum atomic E-state index is -0.539. The van der Waals surface area contributed by atoms with E-state index in [4.69, 9.17) is 16.3 Å². The van der Waals surface area contributed by atoms with Crippen molar-refractivity contribution < 1.29 is 9.84 Å². The van der Waals surface area contributed by atoms with Crippen molar-refractivity contribution in [1.29, 1.82) is 0 Å². The number of likely N-dealkylation sites (N-methyl/N-ethyl adjacent to an activating group) is 1. The van der Waals surface area contributed by atoms with Crippen LogP contribution in [0.15, 0.2) is 12.1 Å². The zero-order valence-corrected chi connectivity index (χ0v) is 10.6. The summed E-state index contributed by atoms with van der Waals surface area (Å²) in [6, 6.07) is 3.66. The van der Waals surface area contributed by atoms with Crippen molar-refractivity contribution in [3.05, 3.63) is 28.3 Å². The Kier molecular flexibility index (Phi) is 5.06. The molecule has 0 amide bonds. The second-order valence-electron chi connectivity index (χ2n) is 3.61. The van der Waals surface area contributed by atoms with Crippen LogP contribution >= 0.6 is 11.6 Å². The van der Waals surface area contributed by atoms with Gasteiger partial charge in [-0.05, 0) is 36.7 Å². The van der Waals surface area contributed by atoms with E-state index in [1.165, 1.54) is 0 Å². The molecule has 1 rings (SSSR count). The molecule has 0 fully saturated rings. The van der Waals surface area contributed by atoms with Crippen molar-refractivity contribution in [3.63, 3.8) is 0 Å². The monoisotopic (exact) mass is 243 g/mol. The maximum atomic E-state index is 9.96. The van der Waals surface area contributed by atoms with E-state index in [1.807, 2.05) is 13.0 Å². The summed E-state index contributed by atoms with van der Waals surface area (Å²) in [4.78, 5) is 0. The summed E-state index contributed by atoms with van der Waals surface area (Å²) in [6.45, 7) is 2.55. The summed E-state index contributed by atoms with van der Waals surface area (Å²) >= 11 is 6.05. The molecule has 2 N–H and O–H groups in total. The van der Waals surface area contributed by atoms with Crippen LogP contribution in [-0.2, 0) is 6.42 Å². The van der Waals surface area contributed by atoms with Gasteiger partial charge in [-0.15, -0.1) is 0 Å². The van der Waals surface area contributed by atoms with E-state index < -0.39 is 6.10 Å². The fourth-order valence-electron chi connectivity index (χ4n) is 1.69. The Morgan fingerprint density at radius 2 is 2.19 bits per heavy atom. The summed E-state index contributed by atoms with van der Waals surface area (Å²) in [5, 5.41) is 13.4. The largest absolute Gasteiger partial charge is 0.495 e. The van der Waals surface area contributed by atoms with Gasteiger partial charge in [0, 0.05) is 6.54 Å². The maximum Gasteiger partial charge on any atom is 0.137 e. The molecule has 1 atom stereocenters. The van der Waals surface area contributed by atoms with Crippen molar-refractivity contribution in [2.24, 2.45) is 0 Å². The summed E-state index contributed by atoms with van der Waals surface area (Å²) in [7, 11) is 3.39. The van der Waals surface area contributed by atoms with Crippen molar-refractivity contribution in [2.75, 3.05) is 20.7 Å². The molecule has 0 aliphatic heterocycles. The Morgan fingerprint density at radius 3 is 2.69 bits per heavy atom. The molecule has 16 heavy (non-hydrogen) atoms. The molecule has 0 aromatic heterocycles. The van der Waals surface area contributed by atoms with Crippen LogP contribution in [0.2, 0.25) is 5.02 Å². The van der Waals surface area contributed by atoms with Gasteiger partial charge in [0.2, 0.25) is 0 Å². The number of aryl methyl sites for hydroxylation is 1. The van der Waals surface area contributed by atoms with E-state index in [2.05, 4.69) is 5.32 Å². The second-order valence-corrected chi connectivity index (χ2v) is 4.02. The van der Waals surface area contributed by atoms with E-state index >= 15 is 0 Å². The van der Waals surface area contributed by atoms with Crippen LogP contribution in [0, 0.1) is 0 Å². The minimum Gasteiger partial charge on any atom is -0.495 e. The number of halogens is 1. The van der Waals surface area contributed by atoms with E-state index in [0.29, 0.717) is 17.3 Å². The number of hydrogen-bond donors (Lipinski definition) is 2. The lowest BCUT2D eigenvalue weighted by atomic mass is 10.00. The SMILES string of the molecule is CCc1cc(OC)c(Cl)cc1C(O)CNC.